The molecule has 1 fully saturated rings. The summed E-state index contributed by atoms with van der Waals surface area (Å²) in [6, 6.07) is 6.71. The van der Waals surface area contributed by atoms with Gasteiger partial charge in [-0.3, -0.25) is 9.59 Å². The van der Waals surface area contributed by atoms with Crippen molar-refractivity contribution in [2.75, 3.05) is 38.8 Å². The Balaban J connectivity index is 2.12. The van der Waals surface area contributed by atoms with Crippen molar-refractivity contribution in [3.05, 3.63) is 29.8 Å². The molecule has 0 aliphatic carbocycles. The van der Waals surface area contributed by atoms with E-state index in [1.54, 1.807) is 31.4 Å². The van der Waals surface area contributed by atoms with Crippen molar-refractivity contribution in [1.29, 1.82) is 0 Å². The highest BCUT2D eigenvalue weighted by atomic mass is 16.5. The minimum absolute atomic E-state index is 0.119. The highest BCUT2D eigenvalue weighted by Crippen LogP contribution is 2.28. The SMILES string of the molecule is COCCNC(=O)C1CC(=O)N(c2ccccc2C(=O)OC)C1. The molecule has 0 spiro atoms. The van der Waals surface area contributed by atoms with Crippen LogP contribution in [-0.2, 0) is 19.1 Å². The maximum atomic E-state index is 12.3. The molecule has 124 valence electrons. The maximum absolute atomic E-state index is 12.3. The summed E-state index contributed by atoms with van der Waals surface area (Å²) in [7, 11) is 2.84. The molecule has 1 atom stereocenters. The summed E-state index contributed by atoms with van der Waals surface area (Å²) >= 11 is 0. The largest absolute Gasteiger partial charge is 0.465 e. The van der Waals surface area contributed by atoms with Crippen LogP contribution in [0.25, 0.3) is 0 Å². The van der Waals surface area contributed by atoms with E-state index in [9.17, 15) is 14.4 Å². The Kier molecular flexibility index (Phi) is 5.70. The minimum Gasteiger partial charge on any atom is -0.465 e. The second-order valence-electron chi connectivity index (χ2n) is 5.20. The number of anilines is 1. The lowest BCUT2D eigenvalue weighted by atomic mass is 10.1. The lowest BCUT2D eigenvalue weighted by Gasteiger charge is -2.19. The molecule has 1 aliphatic rings. The van der Waals surface area contributed by atoms with Gasteiger partial charge in [0.2, 0.25) is 11.8 Å². The predicted molar refractivity (Wildman–Crippen MR) is 83.1 cm³/mol. The van der Waals surface area contributed by atoms with Crippen molar-refractivity contribution in [3.8, 4) is 0 Å². The van der Waals surface area contributed by atoms with E-state index in [2.05, 4.69) is 5.32 Å². The van der Waals surface area contributed by atoms with E-state index in [1.165, 1.54) is 12.0 Å². The molecule has 1 heterocycles. The molecular weight excluding hydrogens is 300 g/mol. The molecule has 2 amide bonds. The first-order chi connectivity index (χ1) is 11.1. The number of ether oxygens (including phenoxy) is 2. The van der Waals surface area contributed by atoms with Gasteiger partial charge in [-0.15, -0.1) is 0 Å². The fourth-order valence-electron chi connectivity index (χ4n) is 2.53. The molecule has 0 saturated carbocycles. The molecule has 7 nitrogen and oxygen atoms in total. The number of nitrogens with zero attached hydrogens (tertiary/aromatic N) is 1. The highest BCUT2D eigenvalue weighted by Gasteiger charge is 2.36. The van der Waals surface area contributed by atoms with Gasteiger partial charge < -0.3 is 19.7 Å². The first kappa shape index (κ1) is 17.0. The average molecular weight is 320 g/mol. The number of amides is 2. The van der Waals surface area contributed by atoms with Gasteiger partial charge in [-0.05, 0) is 12.1 Å². The second kappa shape index (κ2) is 7.73. The van der Waals surface area contributed by atoms with E-state index in [4.69, 9.17) is 9.47 Å². The summed E-state index contributed by atoms with van der Waals surface area (Å²) in [5, 5.41) is 2.73. The number of methoxy groups -OCH3 is 2. The number of carbonyl (C=O) groups is 3. The Morgan fingerprint density at radius 1 is 1.30 bits per heavy atom. The number of rotatable bonds is 6. The third-order valence-corrected chi connectivity index (χ3v) is 3.70. The molecule has 23 heavy (non-hydrogen) atoms. The molecule has 0 radical (unpaired) electrons. The van der Waals surface area contributed by atoms with Gasteiger partial charge in [0.15, 0.2) is 0 Å². The normalized spacial score (nSPS) is 17.2. The molecular formula is C16H20N2O5. The zero-order chi connectivity index (χ0) is 16.8. The number of esters is 1. The first-order valence-corrected chi connectivity index (χ1v) is 7.32. The fourth-order valence-corrected chi connectivity index (χ4v) is 2.53. The monoisotopic (exact) mass is 320 g/mol. The number of hydrogen-bond acceptors (Lipinski definition) is 5. The average Bonchev–Trinajstić information content (AvgIpc) is 2.96. The van der Waals surface area contributed by atoms with Crippen LogP contribution in [0.4, 0.5) is 5.69 Å². The third kappa shape index (κ3) is 3.87. The quantitative estimate of drug-likeness (QED) is 0.612. The summed E-state index contributed by atoms with van der Waals surface area (Å²) in [5.74, 6) is -1.33. The van der Waals surface area contributed by atoms with Gasteiger partial charge >= 0.3 is 5.97 Å². The molecule has 1 N–H and O–H groups in total. The van der Waals surface area contributed by atoms with Gasteiger partial charge in [0.05, 0.1) is 30.9 Å². The van der Waals surface area contributed by atoms with Crippen LogP contribution < -0.4 is 10.2 Å². The molecule has 0 aromatic heterocycles. The molecule has 1 saturated heterocycles. The number of benzene rings is 1. The van der Waals surface area contributed by atoms with Crippen LogP contribution in [0.2, 0.25) is 0 Å². The first-order valence-electron chi connectivity index (χ1n) is 7.32. The zero-order valence-electron chi connectivity index (χ0n) is 13.2. The van der Waals surface area contributed by atoms with Crippen molar-refractivity contribution in [1.82, 2.24) is 5.32 Å². The van der Waals surface area contributed by atoms with Crippen LogP contribution in [0.5, 0.6) is 0 Å². The minimum atomic E-state index is -0.513. The smallest absolute Gasteiger partial charge is 0.339 e. The molecule has 1 aliphatic heterocycles. The van der Waals surface area contributed by atoms with Crippen molar-refractivity contribution in [3.63, 3.8) is 0 Å². The number of carbonyl (C=O) groups excluding carboxylic acids is 3. The van der Waals surface area contributed by atoms with E-state index < -0.39 is 11.9 Å². The Morgan fingerprint density at radius 3 is 2.74 bits per heavy atom. The molecule has 1 aromatic rings. The van der Waals surface area contributed by atoms with E-state index in [1.807, 2.05) is 0 Å². The second-order valence-corrected chi connectivity index (χ2v) is 5.20. The van der Waals surface area contributed by atoms with Crippen molar-refractivity contribution in [2.45, 2.75) is 6.42 Å². The zero-order valence-corrected chi connectivity index (χ0v) is 13.2. The standard InChI is InChI=1S/C16H20N2O5/c1-22-8-7-17-15(20)11-9-14(19)18(10-11)13-6-4-3-5-12(13)16(21)23-2/h3-6,11H,7-10H2,1-2H3,(H,17,20). The van der Waals surface area contributed by atoms with E-state index in [0.29, 0.717) is 24.4 Å². The topological polar surface area (TPSA) is 84.9 Å². The van der Waals surface area contributed by atoms with Gasteiger partial charge in [0.1, 0.15) is 0 Å². The van der Waals surface area contributed by atoms with Crippen molar-refractivity contribution >= 4 is 23.5 Å². The molecule has 1 unspecified atom stereocenters. The maximum Gasteiger partial charge on any atom is 0.339 e. The fraction of sp³-hybridized carbons (Fsp3) is 0.438. The Bertz CT molecular complexity index is 602. The third-order valence-electron chi connectivity index (χ3n) is 3.70. The van der Waals surface area contributed by atoms with Crippen LogP contribution in [0.15, 0.2) is 24.3 Å². The Hall–Kier alpha value is -2.41. The lowest BCUT2D eigenvalue weighted by Crippen LogP contribution is -2.35. The van der Waals surface area contributed by atoms with E-state index >= 15 is 0 Å². The molecule has 1 aromatic carbocycles. The number of nitrogens with one attached hydrogen (secondary N) is 1. The van der Waals surface area contributed by atoms with Gasteiger partial charge in [-0.2, -0.15) is 0 Å². The van der Waals surface area contributed by atoms with Crippen LogP contribution in [-0.4, -0.2) is 51.7 Å². The molecule has 0 bridgehead atoms. The summed E-state index contributed by atoms with van der Waals surface area (Å²) in [5.41, 5.74) is 0.778. The predicted octanol–water partition coefficient (Wildman–Crippen LogP) is 0.589. The lowest BCUT2D eigenvalue weighted by molar-refractivity contribution is -0.126. The summed E-state index contributed by atoms with van der Waals surface area (Å²) in [6.45, 7) is 1.06. The number of para-hydroxylation sites is 1. The van der Waals surface area contributed by atoms with Crippen LogP contribution in [0.1, 0.15) is 16.8 Å². The molecule has 7 heteroatoms. The Morgan fingerprint density at radius 2 is 2.04 bits per heavy atom. The Labute approximate surface area is 134 Å². The highest BCUT2D eigenvalue weighted by molar-refractivity contribution is 6.05. The van der Waals surface area contributed by atoms with Gasteiger partial charge in [-0.1, -0.05) is 12.1 Å². The van der Waals surface area contributed by atoms with Crippen LogP contribution >= 0.6 is 0 Å². The summed E-state index contributed by atoms with van der Waals surface area (Å²) in [4.78, 5) is 37.6. The van der Waals surface area contributed by atoms with Crippen molar-refractivity contribution < 1.29 is 23.9 Å². The van der Waals surface area contributed by atoms with Gasteiger partial charge in [-0.25, -0.2) is 4.79 Å². The van der Waals surface area contributed by atoms with Gasteiger partial charge in [0.25, 0.3) is 0 Å². The van der Waals surface area contributed by atoms with Crippen LogP contribution in [0, 0.1) is 5.92 Å². The van der Waals surface area contributed by atoms with Crippen molar-refractivity contribution in [2.24, 2.45) is 5.92 Å². The molecule has 2 rings (SSSR count). The van der Waals surface area contributed by atoms with E-state index in [0.717, 1.165) is 0 Å². The van der Waals surface area contributed by atoms with E-state index in [-0.39, 0.29) is 24.8 Å². The van der Waals surface area contributed by atoms with Crippen LogP contribution in [0.3, 0.4) is 0 Å². The van der Waals surface area contributed by atoms with Gasteiger partial charge in [0, 0.05) is 26.6 Å². The summed E-state index contributed by atoms with van der Waals surface area (Å²) in [6.07, 6.45) is 0.119. The summed E-state index contributed by atoms with van der Waals surface area (Å²) < 4.78 is 9.62. The number of hydrogen-bond donors (Lipinski definition) is 1.